The Kier molecular flexibility index (Phi) is 7.47. The predicted molar refractivity (Wildman–Crippen MR) is 130 cm³/mol. The summed E-state index contributed by atoms with van der Waals surface area (Å²) in [4.78, 5) is 27.6. The van der Waals surface area contributed by atoms with Gasteiger partial charge in [0.05, 0.1) is 4.90 Å². The van der Waals surface area contributed by atoms with E-state index in [1.807, 2.05) is 32.9 Å². The number of sulfonamides is 1. The van der Waals surface area contributed by atoms with Crippen LogP contribution in [0.1, 0.15) is 53.7 Å². The highest BCUT2D eigenvalue weighted by atomic mass is 32.2. The van der Waals surface area contributed by atoms with E-state index >= 15 is 0 Å². The summed E-state index contributed by atoms with van der Waals surface area (Å²) in [7, 11) is -3.83. The molecule has 0 saturated carbocycles. The van der Waals surface area contributed by atoms with Crippen LogP contribution < -0.4 is 10.0 Å². The van der Waals surface area contributed by atoms with E-state index in [2.05, 4.69) is 10.0 Å². The summed E-state index contributed by atoms with van der Waals surface area (Å²) < 4.78 is 28.8. The van der Waals surface area contributed by atoms with Crippen molar-refractivity contribution in [1.82, 2.24) is 10.2 Å². The van der Waals surface area contributed by atoms with E-state index in [9.17, 15) is 18.0 Å². The van der Waals surface area contributed by atoms with Crippen LogP contribution in [0.4, 0.5) is 5.69 Å². The van der Waals surface area contributed by atoms with Crippen LogP contribution in [0.2, 0.25) is 0 Å². The van der Waals surface area contributed by atoms with Crippen molar-refractivity contribution >= 4 is 27.5 Å². The number of anilines is 1. The lowest BCUT2D eigenvalue weighted by atomic mass is 10.1. The van der Waals surface area contributed by atoms with Crippen LogP contribution in [0.25, 0.3) is 0 Å². The lowest BCUT2D eigenvalue weighted by Crippen LogP contribution is -2.46. The SMILES string of the molecule is Cc1cc(C)c(S(=O)(=O)Nc2cccc(C(=O)N3CCC[C@H]3C(=O)NCC(C)C)c2)c(C)c1. The topological polar surface area (TPSA) is 95.6 Å². The molecule has 0 aromatic heterocycles. The van der Waals surface area contributed by atoms with Crippen LogP contribution in [0, 0.1) is 26.7 Å². The van der Waals surface area contributed by atoms with Crippen molar-refractivity contribution in [2.75, 3.05) is 17.8 Å². The second-order valence-electron chi connectivity index (χ2n) is 9.21. The first-order valence-electron chi connectivity index (χ1n) is 11.3. The molecule has 7 nitrogen and oxygen atoms in total. The molecule has 2 aromatic rings. The van der Waals surface area contributed by atoms with Gasteiger partial charge in [0.25, 0.3) is 15.9 Å². The maximum absolute atomic E-state index is 13.2. The largest absolute Gasteiger partial charge is 0.354 e. The molecule has 33 heavy (non-hydrogen) atoms. The molecule has 0 radical (unpaired) electrons. The van der Waals surface area contributed by atoms with Gasteiger partial charge in [-0.15, -0.1) is 0 Å². The van der Waals surface area contributed by atoms with Crippen molar-refractivity contribution < 1.29 is 18.0 Å². The van der Waals surface area contributed by atoms with Gasteiger partial charge in [0.2, 0.25) is 5.91 Å². The molecule has 1 fully saturated rings. The van der Waals surface area contributed by atoms with Crippen molar-refractivity contribution in [2.24, 2.45) is 5.92 Å². The molecular formula is C25H33N3O4S. The smallest absolute Gasteiger partial charge is 0.262 e. The van der Waals surface area contributed by atoms with Crippen molar-refractivity contribution in [2.45, 2.75) is 58.4 Å². The molecule has 1 atom stereocenters. The van der Waals surface area contributed by atoms with Gasteiger partial charge in [0.1, 0.15) is 6.04 Å². The Morgan fingerprint density at radius 1 is 1.09 bits per heavy atom. The Labute approximate surface area is 196 Å². The molecule has 1 saturated heterocycles. The van der Waals surface area contributed by atoms with Crippen LogP contribution in [-0.2, 0) is 14.8 Å². The first-order valence-corrected chi connectivity index (χ1v) is 12.8. The molecule has 3 rings (SSSR count). The summed E-state index contributed by atoms with van der Waals surface area (Å²) in [6.07, 6.45) is 1.37. The highest BCUT2D eigenvalue weighted by Crippen LogP contribution is 2.26. The Balaban J connectivity index is 1.81. The molecule has 1 heterocycles. The summed E-state index contributed by atoms with van der Waals surface area (Å²) in [5.74, 6) is -0.0947. The fraction of sp³-hybridized carbons (Fsp3) is 0.440. The van der Waals surface area contributed by atoms with E-state index in [1.165, 1.54) is 6.07 Å². The average Bonchev–Trinajstić information content (AvgIpc) is 3.20. The normalized spacial score (nSPS) is 16.2. The summed E-state index contributed by atoms with van der Waals surface area (Å²) in [5, 5.41) is 2.91. The first kappa shape index (κ1) is 24.8. The minimum atomic E-state index is -3.83. The lowest BCUT2D eigenvalue weighted by Gasteiger charge is -2.24. The first-order chi connectivity index (χ1) is 15.5. The van der Waals surface area contributed by atoms with Crippen LogP contribution in [-0.4, -0.2) is 44.3 Å². The van der Waals surface area contributed by atoms with Gasteiger partial charge >= 0.3 is 0 Å². The molecule has 1 aliphatic rings. The molecule has 0 bridgehead atoms. The molecule has 0 spiro atoms. The molecular weight excluding hydrogens is 438 g/mol. The number of aryl methyl sites for hydroxylation is 3. The van der Waals surface area contributed by atoms with Crippen molar-refractivity contribution in [3.05, 3.63) is 58.7 Å². The zero-order valence-corrected chi connectivity index (χ0v) is 20.8. The van der Waals surface area contributed by atoms with E-state index in [-0.39, 0.29) is 16.7 Å². The lowest BCUT2D eigenvalue weighted by molar-refractivity contribution is -0.125. The fourth-order valence-corrected chi connectivity index (χ4v) is 5.89. The highest BCUT2D eigenvalue weighted by molar-refractivity contribution is 7.92. The third kappa shape index (κ3) is 5.74. The average molecular weight is 472 g/mol. The number of carbonyl (C=O) groups excluding carboxylic acids is 2. The van der Waals surface area contributed by atoms with E-state index in [0.717, 1.165) is 12.0 Å². The number of benzene rings is 2. The minimum absolute atomic E-state index is 0.142. The van der Waals surface area contributed by atoms with Crippen molar-refractivity contribution in [3.63, 3.8) is 0 Å². The van der Waals surface area contributed by atoms with Gasteiger partial charge in [-0.3, -0.25) is 14.3 Å². The van der Waals surface area contributed by atoms with Crippen LogP contribution in [0.5, 0.6) is 0 Å². The maximum atomic E-state index is 13.2. The maximum Gasteiger partial charge on any atom is 0.262 e. The summed E-state index contributed by atoms with van der Waals surface area (Å²) in [6, 6.07) is 9.59. The van der Waals surface area contributed by atoms with Gasteiger partial charge in [-0.1, -0.05) is 37.6 Å². The van der Waals surface area contributed by atoms with E-state index in [1.54, 1.807) is 36.9 Å². The third-order valence-electron chi connectivity index (χ3n) is 5.74. The van der Waals surface area contributed by atoms with Gasteiger partial charge in [0, 0.05) is 24.3 Å². The molecule has 0 unspecified atom stereocenters. The second kappa shape index (κ2) is 9.95. The Hall–Kier alpha value is -2.87. The number of hydrogen-bond donors (Lipinski definition) is 2. The standard InChI is InChI=1S/C25H33N3O4S/c1-16(2)15-26-24(29)22-10-7-11-28(22)25(30)20-8-6-9-21(14-20)27-33(31,32)23-18(4)12-17(3)13-19(23)5/h6,8-9,12-14,16,22,27H,7,10-11,15H2,1-5H3,(H,26,29)/t22-/m0/s1. The van der Waals surface area contributed by atoms with Crippen LogP contribution in [0.15, 0.2) is 41.3 Å². The van der Waals surface area contributed by atoms with Gasteiger partial charge < -0.3 is 10.2 Å². The number of rotatable bonds is 7. The molecule has 2 aromatic carbocycles. The molecule has 8 heteroatoms. The van der Waals surface area contributed by atoms with E-state index in [4.69, 9.17) is 0 Å². The summed E-state index contributed by atoms with van der Waals surface area (Å²) in [5.41, 5.74) is 2.98. The Bertz CT molecular complexity index is 1130. The summed E-state index contributed by atoms with van der Waals surface area (Å²) in [6.45, 7) is 10.6. The van der Waals surface area contributed by atoms with Crippen molar-refractivity contribution in [3.8, 4) is 0 Å². The van der Waals surface area contributed by atoms with E-state index < -0.39 is 16.1 Å². The van der Waals surface area contributed by atoms with Gasteiger partial charge in [-0.2, -0.15) is 0 Å². The molecule has 2 N–H and O–H groups in total. The third-order valence-corrected chi connectivity index (χ3v) is 7.42. The Morgan fingerprint density at radius 2 is 1.76 bits per heavy atom. The number of likely N-dealkylation sites (tertiary alicyclic amines) is 1. The number of nitrogens with one attached hydrogen (secondary N) is 2. The van der Waals surface area contributed by atoms with Crippen LogP contribution in [0.3, 0.4) is 0 Å². The minimum Gasteiger partial charge on any atom is -0.354 e. The highest BCUT2D eigenvalue weighted by Gasteiger charge is 2.34. The predicted octanol–water partition coefficient (Wildman–Crippen LogP) is 3.79. The summed E-state index contributed by atoms with van der Waals surface area (Å²) >= 11 is 0. The molecule has 178 valence electrons. The van der Waals surface area contributed by atoms with Crippen LogP contribution >= 0.6 is 0 Å². The number of hydrogen-bond acceptors (Lipinski definition) is 4. The zero-order valence-electron chi connectivity index (χ0n) is 19.9. The van der Waals surface area contributed by atoms with Gasteiger partial charge in [0.15, 0.2) is 0 Å². The molecule has 1 aliphatic heterocycles. The number of nitrogens with zero attached hydrogens (tertiary/aromatic N) is 1. The van der Waals surface area contributed by atoms with E-state index in [0.29, 0.717) is 47.8 Å². The zero-order chi connectivity index (χ0) is 24.3. The van der Waals surface area contributed by atoms with Gasteiger partial charge in [-0.05, 0) is 68.9 Å². The molecule has 0 aliphatic carbocycles. The monoisotopic (exact) mass is 471 g/mol. The molecule has 2 amide bonds. The number of carbonyl (C=O) groups is 2. The number of amides is 2. The fourth-order valence-electron chi connectivity index (χ4n) is 4.38. The van der Waals surface area contributed by atoms with Crippen molar-refractivity contribution in [1.29, 1.82) is 0 Å². The Morgan fingerprint density at radius 3 is 2.39 bits per heavy atom. The quantitative estimate of drug-likeness (QED) is 0.642. The van der Waals surface area contributed by atoms with Gasteiger partial charge in [-0.25, -0.2) is 8.42 Å². The second-order valence-corrected chi connectivity index (χ2v) is 10.8.